The highest BCUT2D eigenvalue weighted by Crippen LogP contribution is 2.33. The Labute approximate surface area is 211 Å². The number of hydrogen-bond donors (Lipinski definition) is 3. The van der Waals surface area contributed by atoms with Gasteiger partial charge >= 0.3 is 0 Å². The highest BCUT2D eigenvalue weighted by atomic mass is 35.5. The summed E-state index contributed by atoms with van der Waals surface area (Å²) in [6.45, 7) is 5.79. The molecule has 182 valence electrons. The summed E-state index contributed by atoms with van der Waals surface area (Å²) in [6, 6.07) is 10.3. The van der Waals surface area contributed by atoms with E-state index in [0.29, 0.717) is 41.4 Å². The predicted molar refractivity (Wildman–Crippen MR) is 138 cm³/mol. The van der Waals surface area contributed by atoms with Crippen LogP contribution >= 0.6 is 23.2 Å². The number of ether oxygens (including phenoxy) is 1. The number of halogens is 2. The topological polar surface area (TPSA) is 85.7 Å². The van der Waals surface area contributed by atoms with Gasteiger partial charge in [-0.3, -0.25) is 4.79 Å². The number of aliphatic hydroxyl groups is 1. The number of likely N-dealkylation sites (tertiary alicyclic amines) is 1. The standard InChI is InChI=1S/C26H31Cl2N3O3/c1-15-23(29)20(9-10-31(15)25(32)19-7-6-8-21(34-5)22(19)28)24(30-4)17-11-16(12-18(27)13-17)14-26(2,3)33/h6-8,11-13,15,29-30,33H,9-10,14H2,1-5H3/b24-20-,29-23?/t15-/m0/s1. The molecule has 3 N–H and O–H groups in total. The zero-order valence-corrected chi connectivity index (χ0v) is 21.6. The van der Waals surface area contributed by atoms with Gasteiger partial charge in [0.2, 0.25) is 0 Å². The molecule has 1 heterocycles. The fourth-order valence-corrected chi connectivity index (χ4v) is 4.90. The number of rotatable bonds is 6. The van der Waals surface area contributed by atoms with E-state index in [0.717, 1.165) is 22.4 Å². The normalized spacial score (nSPS) is 18.1. The van der Waals surface area contributed by atoms with Crippen LogP contribution in [0.1, 0.15) is 48.7 Å². The number of piperidine rings is 1. The van der Waals surface area contributed by atoms with E-state index in [9.17, 15) is 9.90 Å². The summed E-state index contributed by atoms with van der Waals surface area (Å²) in [5, 5.41) is 23.2. The SMILES string of the molecule is CN/C(=C1/CCN(C(=O)c2cccc(OC)c2Cl)[C@@H](C)C1=N)c1cc(Cl)cc(CC(C)(C)O)c1. The zero-order valence-electron chi connectivity index (χ0n) is 20.1. The number of benzene rings is 2. The Bertz CT molecular complexity index is 1140. The van der Waals surface area contributed by atoms with Crippen LogP contribution in [0, 0.1) is 5.41 Å². The summed E-state index contributed by atoms with van der Waals surface area (Å²) in [5.41, 5.74) is 3.21. The van der Waals surface area contributed by atoms with Crippen molar-refractivity contribution in [3.8, 4) is 5.75 Å². The Morgan fingerprint density at radius 3 is 2.62 bits per heavy atom. The quantitative estimate of drug-likeness (QED) is 0.505. The summed E-state index contributed by atoms with van der Waals surface area (Å²) in [4.78, 5) is 15.0. The minimum atomic E-state index is -0.872. The molecule has 2 aromatic carbocycles. The molecule has 0 aliphatic carbocycles. The van der Waals surface area contributed by atoms with Gasteiger partial charge < -0.3 is 25.5 Å². The Morgan fingerprint density at radius 1 is 1.29 bits per heavy atom. The molecule has 2 aromatic rings. The van der Waals surface area contributed by atoms with Crippen LogP contribution in [0.5, 0.6) is 5.75 Å². The molecule has 1 aliphatic heterocycles. The molecule has 1 amide bonds. The smallest absolute Gasteiger partial charge is 0.256 e. The highest BCUT2D eigenvalue weighted by molar-refractivity contribution is 6.35. The number of carbonyl (C=O) groups excluding carboxylic acids is 1. The maximum absolute atomic E-state index is 13.3. The van der Waals surface area contributed by atoms with Crippen LogP contribution in [0.2, 0.25) is 10.0 Å². The van der Waals surface area contributed by atoms with Crippen molar-refractivity contribution in [2.45, 2.75) is 45.3 Å². The number of nitrogens with one attached hydrogen (secondary N) is 2. The first-order valence-corrected chi connectivity index (χ1v) is 11.9. The van der Waals surface area contributed by atoms with Crippen molar-refractivity contribution in [2.75, 3.05) is 20.7 Å². The van der Waals surface area contributed by atoms with Crippen LogP contribution in [0.4, 0.5) is 0 Å². The van der Waals surface area contributed by atoms with Gasteiger partial charge in [-0.25, -0.2) is 0 Å². The largest absolute Gasteiger partial charge is 0.495 e. The summed E-state index contributed by atoms with van der Waals surface area (Å²) >= 11 is 12.8. The molecule has 3 rings (SSSR count). The summed E-state index contributed by atoms with van der Waals surface area (Å²) in [5.74, 6) is 0.203. The molecule has 0 bridgehead atoms. The third-order valence-electron chi connectivity index (χ3n) is 5.92. The van der Waals surface area contributed by atoms with E-state index in [1.807, 2.05) is 32.2 Å². The molecule has 0 aromatic heterocycles. The number of methoxy groups -OCH3 is 1. The van der Waals surface area contributed by atoms with Crippen LogP contribution in [0.25, 0.3) is 5.70 Å². The molecule has 1 aliphatic rings. The molecular weight excluding hydrogens is 473 g/mol. The molecule has 0 spiro atoms. The molecule has 1 fully saturated rings. The first-order chi connectivity index (χ1) is 16.0. The average Bonchev–Trinajstić information content (AvgIpc) is 2.75. The second-order valence-corrected chi connectivity index (χ2v) is 9.92. The van der Waals surface area contributed by atoms with Crippen LogP contribution < -0.4 is 10.1 Å². The molecule has 1 saturated heterocycles. The van der Waals surface area contributed by atoms with Crippen molar-refractivity contribution in [1.29, 1.82) is 5.41 Å². The Kier molecular flexibility index (Phi) is 7.96. The van der Waals surface area contributed by atoms with E-state index < -0.39 is 11.6 Å². The monoisotopic (exact) mass is 503 g/mol. The molecule has 1 atom stereocenters. The summed E-state index contributed by atoms with van der Waals surface area (Å²) in [6.07, 6.45) is 0.949. The van der Waals surface area contributed by atoms with Crippen molar-refractivity contribution < 1.29 is 14.6 Å². The van der Waals surface area contributed by atoms with Crippen LogP contribution in [0.3, 0.4) is 0 Å². The van der Waals surface area contributed by atoms with Gasteiger partial charge in [-0.2, -0.15) is 0 Å². The van der Waals surface area contributed by atoms with Gasteiger partial charge in [0.1, 0.15) is 5.75 Å². The fourth-order valence-electron chi connectivity index (χ4n) is 4.36. The number of carbonyl (C=O) groups is 1. The third-order valence-corrected chi connectivity index (χ3v) is 6.53. The van der Waals surface area contributed by atoms with E-state index in [-0.39, 0.29) is 10.9 Å². The molecule has 0 saturated carbocycles. The molecule has 0 unspecified atom stereocenters. The lowest BCUT2D eigenvalue weighted by Gasteiger charge is -2.36. The minimum Gasteiger partial charge on any atom is -0.495 e. The van der Waals surface area contributed by atoms with Crippen molar-refractivity contribution in [3.05, 3.63) is 68.7 Å². The van der Waals surface area contributed by atoms with Crippen molar-refractivity contribution in [1.82, 2.24) is 10.2 Å². The van der Waals surface area contributed by atoms with E-state index >= 15 is 0 Å². The van der Waals surface area contributed by atoms with Gasteiger partial charge in [-0.1, -0.05) is 29.3 Å². The maximum Gasteiger partial charge on any atom is 0.256 e. The summed E-state index contributed by atoms with van der Waals surface area (Å²) in [7, 11) is 3.32. The maximum atomic E-state index is 13.3. The van der Waals surface area contributed by atoms with Crippen LogP contribution in [-0.4, -0.2) is 54.0 Å². The first kappa shape index (κ1) is 26.1. The van der Waals surface area contributed by atoms with Gasteiger partial charge in [-0.05, 0) is 68.7 Å². The summed E-state index contributed by atoms with van der Waals surface area (Å²) < 4.78 is 5.25. The molecular formula is C26H31Cl2N3O3. The van der Waals surface area contributed by atoms with Gasteiger partial charge in [0.25, 0.3) is 5.91 Å². The number of nitrogens with zero attached hydrogens (tertiary/aromatic N) is 1. The second-order valence-electron chi connectivity index (χ2n) is 9.10. The Hall–Kier alpha value is -2.54. The van der Waals surface area contributed by atoms with Crippen molar-refractivity contribution in [3.63, 3.8) is 0 Å². The van der Waals surface area contributed by atoms with Gasteiger partial charge in [0.05, 0.1) is 35.1 Å². The number of hydrogen-bond acceptors (Lipinski definition) is 5. The lowest BCUT2D eigenvalue weighted by Crippen LogP contribution is -2.48. The van der Waals surface area contributed by atoms with Crippen molar-refractivity contribution >= 4 is 40.5 Å². The molecule has 34 heavy (non-hydrogen) atoms. The van der Waals surface area contributed by atoms with Crippen molar-refractivity contribution in [2.24, 2.45) is 0 Å². The van der Waals surface area contributed by atoms with Gasteiger partial charge in [-0.15, -0.1) is 0 Å². The molecule has 8 heteroatoms. The molecule has 6 nitrogen and oxygen atoms in total. The fraction of sp³-hybridized carbons (Fsp3) is 0.385. The van der Waals surface area contributed by atoms with E-state index in [4.69, 9.17) is 33.3 Å². The van der Waals surface area contributed by atoms with Crippen LogP contribution in [0.15, 0.2) is 42.0 Å². The Morgan fingerprint density at radius 2 is 2.00 bits per heavy atom. The van der Waals surface area contributed by atoms with Crippen LogP contribution in [-0.2, 0) is 6.42 Å². The number of amides is 1. The molecule has 0 radical (unpaired) electrons. The van der Waals surface area contributed by atoms with E-state index in [2.05, 4.69) is 5.32 Å². The van der Waals surface area contributed by atoms with Gasteiger partial charge in [0, 0.05) is 36.3 Å². The first-order valence-electron chi connectivity index (χ1n) is 11.1. The third kappa shape index (κ3) is 5.57. The minimum absolute atomic E-state index is 0.235. The Balaban J connectivity index is 1.94. The van der Waals surface area contributed by atoms with Gasteiger partial charge in [0.15, 0.2) is 0 Å². The highest BCUT2D eigenvalue weighted by Gasteiger charge is 2.33. The lowest BCUT2D eigenvalue weighted by molar-refractivity contribution is 0.0727. The average molecular weight is 504 g/mol. The lowest BCUT2D eigenvalue weighted by atomic mass is 9.89. The predicted octanol–water partition coefficient (Wildman–Crippen LogP) is 5.20. The zero-order chi connectivity index (χ0) is 25.2. The van der Waals surface area contributed by atoms with E-state index in [1.54, 1.807) is 36.9 Å². The second kappa shape index (κ2) is 10.4. The van der Waals surface area contributed by atoms with E-state index in [1.165, 1.54) is 7.11 Å².